The van der Waals surface area contributed by atoms with E-state index in [0.29, 0.717) is 5.56 Å². The molecule has 0 N–H and O–H groups in total. The van der Waals surface area contributed by atoms with Crippen LogP contribution in [0, 0.1) is 11.9 Å². The first kappa shape index (κ1) is 7.29. The van der Waals surface area contributed by atoms with E-state index >= 15 is 0 Å². The van der Waals surface area contributed by atoms with E-state index in [-0.39, 0.29) is 5.02 Å². The summed E-state index contributed by atoms with van der Waals surface area (Å²) in [5.74, 6) is -0.435. The number of halogens is 2. The Morgan fingerprint density at radius 2 is 2.20 bits per heavy atom. The van der Waals surface area contributed by atoms with Gasteiger partial charge in [-0.2, -0.15) is 0 Å². The summed E-state index contributed by atoms with van der Waals surface area (Å²) in [7, 11) is 0. The van der Waals surface area contributed by atoms with E-state index in [2.05, 4.69) is 12.7 Å². The summed E-state index contributed by atoms with van der Waals surface area (Å²) in [4.78, 5) is 0. The second-order valence-corrected chi connectivity index (χ2v) is 2.21. The number of benzene rings is 1. The maximum absolute atomic E-state index is 12.6. The lowest BCUT2D eigenvalue weighted by atomic mass is 10.2. The van der Waals surface area contributed by atoms with Gasteiger partial charge < -0.3 is 0 Å². The van der Waals surface area contributed by atoms with Gasteiger partial charge in [-0.1, -0.05) is 24.2 Å². The minimum Gasteiger partial charge on any atom is -0.205 e. The molecular formula is C8H5ClF. The summed E-state index contributed by atoms with van der Waals surface area (Å²) >= 11 is 5.41. The third-order valence-electron chi connectivity index (χ3n) is 1.12. The van der Waals surface area contributed by atoms with Crippen molar-refractivity contribution in [2.24, 2.45) is 0 Å². The van der Waals surface area contributed by atoms with Crippen molar-refractivity contribution in [1.82, 2.24) is 0 Å². The minimum atomic E-state index is -0.435. The maximum Gasteiger partial charge on any atom is 0.142 e. The Hall–Kier alpha value is -0.820. The van der Waals surface area contributed by atoms with Crippen LogP contribution in [-0.2, 0) is 0 Å². The molecule has 0 aliphatic rings. The van der Waals surface area contributed by atoms with Crippen molar-refractivity contribution in [1.29, 1.82) is 0 Å². The van der Waals surface area contributed by atoms with Gasteiger partial charge in [0, 0.05) is 0 Å². The zero-order valence-electron chi connectivity index (χ0n) is 5.20. The van der Waals surface area contributed by atoms with Gasteiger partial charge in [0.05, 0.1) is 5.02 Å². The second-order valence-electron chi connectivity index (χ2n) is 1.81. The van der Waals surface area contributed by atoms with Crippen LogP contribution in [0.1, 0.15) is 5.56 Å². The Balaban J connectivity index is 3.16. The van der Waals surface area contributed by atoms with Crippen molar-refractivity contribution < 1.29 is 4.39 Å². The van der Waals surface area contributed by atoms with Gasteiger partial charge in [0.25, 0.3) is 0 Å². The van der Waals surface area contributed by atoms with Gasteiger partial charge in [0.15, 0.2) is 0 Å². The zero-order valence-corrected chi connectivity index (χ0v) is 5.95. The van der Waals surface area contributed by atoms with Gasteiger partial charge >= 0.3 is 0 Å². The average Bonchev–Trinajstić information content (AvgIpc) is 1.95. The molecule has 0 unspecified atom stereocenters. The topological polar surface area (TPSA) is 0 Å². The van der Waals surface area contributed by atoms with Crippen LogP contribution in [0.15, 0.2) is 24.8 Å². The molecule has 2 heteroatoms. The molecule has 0 saturated heterocycles. The van der Waals surface area contributed by atoms with Crippen LogP contribution >= 0.6 is 11.6 Å². The Kier molecular flexibility index (Phi) is 2.07. The van der Waals surface area contributed by atoms with E-state index in [1.165, 1.54) is 12.1 Å². The van der Waals surface area contributed by atoms with Crippen LogP contribution < -0.4 is 0 Å². The maximum atomic E-state index is 12.6. The Bertz CT molecular complexity index is 255. The first-order valence-corrected chi connectivity index (χ1v) is 3.10. The highest BCUT2D eigenvalue weighted by Crippen LogP contribution is 2.14. The van der Waals surface area contributed by atoms with E-state index in [1.54, 1.807) is 6.07 Å². The van der Waals surface area contributed by atoms with Gasteiger partial charge in [-0.25, -0.2) is 4.39 Å². The molecule has 0 saturated carbocycles. The highest BCUT2D eigenvalue weighted by atomic mass is 35.5. The predicted octanol–water partition coefficient (Wildman–Crippen LogP) is 2.82. The Morgan fingerprint density at radius 3 is 2.70 bits per heavy atom. The molecular weight excluding hydrogens is 151 g/mol. The lowest BCUT2D eigenvalue weighted by Gasteiger charge is -1.93. The van der Waals surface area contributed by atoms with E-state index in [1.807, 2.05) is 0 Å². The lowest BCUT2D eigenvalue weighted by molar-refractivity contribution is 0.627. The van der Waals surface area contributed by atoms with Crippen LogP contribution in [0.4, 0.5) is 4.39 Å². The fraction of sp³-hybridized carbons (Fsp3) is 0. The van der Waals surface area contributed by atoms with Gasteiger partial charge in [0.1, 0.15) is 5.82 Å². The molecule has 0 aromatic heterocycles. The van der Waals surface area contributed by atoms with E-state index < -0.39 is 5.82 Å². The monoisotopic (exact) mass is 155 g/mol. The Labute approximate surface area is 63.9 Å². The molecule has 1 aromatic rings. The van der Waals surface area contributed by atoms with Crippen LogP contribution in [-0.4, -0.2) is 0 Å². The van der Waals surface area contributed by atoms with Gasteiger partial charge in [-0.15, -0.1) is 0 Å². The van der Waals surface area contributed by atoms with E-state index in [0.717, 1.165) is 0 Å². The molecule has 0 atom stereocenters. The molecule has 1 rings (SSSR count). The van der Waals surface area contributed by atoms with Gasteiger partial charge in [-0.3, -0.25) is 0 Å². The molecule has 10 heavy (non-hydrogen) atoms. The fourth-order valence-corrected chi connectivity index (χ4v) is 0.724. The molecule has 0 heterocycles. The fourth-order valence-electron chi connectivity index (χ4n) is 0.606. The van der Waals surface area contributed by atoms with E-state index in [4.69, 9.17) is 11.6 Å². The Morgan fingerprint density at radius 1 is 1.50 bits per heavy atom. The normalized spacial score (nSPS) is 9.40. The summed E-state index contributed by atoms with van der Waals surface area (Å²) in [6, 6.07) is 4.41. The summed E-state index contributed by atoms with van der Waals surface area (Å²) in [6.07, 6.45) is 2.55. The molecule has 1 aromatic carbocycles. The standard InChI is InChI=1S/C8H5ClF/c1-2-6-3-4-7(9)8(10)5-6/h3-5H,1H2. The van der Waals surface area contributed by atoms with Crippen LogP contribution in [0.5, 0.6) is 0 Å². The van der Waals surface area contributed by atoms with Crippen molar-refractivity contribution in [3.8, 4) is 0 Å². The molecule has 0 fully saturated rings. The molecule has 0 aliphatic heterocycles. The van der Waals surface area contributed by atoms with Gasteiger partial charge in [0.2, 0.25) is 0 Å². The molecule has 0 bridgehead atoms. The van der Waals surface area contributed by atoms with E-state index in [9.17, 15) is 4.39 Å². The van der Waals surface area contributed by atoms with Crippen molar-refractivity contribution in [3.05, 3.63) is 47.3 Å². The third kappa shape index (κ3) is 1.36. The molecule has 0 nitrogen and oxygen atoms in total. The second kappa shape index (κ2) is 2.84. The lowest BCUT2D eigenvalue weighted by Crippen LogP contribution is -1.78. The summed E-state index contributed by atoms with van der Waals surface area (Å²) in [5, 5.41) is 0.124. The number of rotatable bonds is 1. The number of hydrogen-bond donors (Lipinski definition) is 0. The van der Waals surface area contributed by atoms with Crippen LogP contribution in [0.25, 0.3) is 0 Å². The highest BCUT2D eigenvalue weighted by molar-refractivity contribution is 6.30. The molecule has 0 spiro atoms. The summed E-state index contributed by atoms with van der Waals surface area (Å²) < 4.78 is 12.6. The van der Waals surface area contributed by atoms with Crippen molar-refractivity contribution >= 4 is 11.6 Å². The summed E-state index contributed by atoms with van der Waals surface area (Å²) in [5.41, 5.74) is 0.613. The molecule has 1 radical (unpaired) electrons. The van der Waals surface area contributed by atoms with Crippen molar-refractivity contribution in [2.75, 3.05) is 0 Å². The third-order valence-corrected chi connectivity index (χ3v) is 1.43. The highest BCUT2D eigenvalue weighted by Gasteiger charge is 1.96. The smallest absolute Gasteiger partial charge is 0.142 e. The minimum absolute atomic E-state index is 0.124. The first-order valence-electron chi connectivity index (χ1n) is 2.72. The van der Waals surface area contributed by atoms with Crippen molar-refractivity contribution in [2.45, 2.75) is 0 Å². The predicted molar refractivity (Wildman–Crippen MR) is 39.4 cm³/mol. The first-order chi connectivity index (χ1) is 4.74. The molecule has 0 amide bonds. The quantitative estimate of drug-likeness (QED) is 0.585. The summed E-state index contributed by atoms with van der Waals surface area (Å²) in [6.45, 7) is 3.37. The van der Waals surface area contributed by atoms with Crippen molar-refractivity contribution in [3.63, 3.8) is 0 Å². The van der Waals surface area contributed by atoms with Crippen LogP contribution in [0.2, 0.25) is 5.02 Å². The molecule has 51 valence electrons. The SMILES string of the molecule is C=[C]c1ccc(Cl)c(F)c1. The number of hydrogen-bond acceptors (Lipinski definition) is 0. The van der Waals surface area contributed by atoms with Crippen LogP contribution in [0.3, 0.4) is 0 Å². The zero-order chi connectivity index (χ0) is 7.56. The van der Waals surface area contributed by atoms with Gasteiger partial charge in [-0.05, 0) is 23.8 Å². The average molecular weight is 156 g/mol. The molecule has 0 aliphatic carbocycles. The largest absolute Gasteiger partial charge is 0.205 e.